The van der Waals surface area contributed by atoms with Crippen LogP contribution in [-0.2, 0) is 14.1 Å². The van der Waals surface area contributed by atoms with Crippen LogP contribution in [-0.4, -0.2) is 62.6 Å². The molecule has 0 amide bonds. The standard InChI is InChI=1S/2C3H4N4O2/c1-7-2(3(8)9)4-5-6-7;1-7-5-2(3(8)9)4-6-7/h2*1H3,(H,8,9). The molecule has 2 aromatic rings. The van der Waals surface area contributed by atoms with Crippen molar-refractivity contribution >= 4 is 11.9 Å². The van der Waals surface area contributed by atoms with Crippen LogP contribution in [0, 0.1) is 0 Å². The molecule has 0 unspecified atom stereocenters. The topological polar surface area (TPSA) is 162 Å². The zero-order valence-corrected chi connectivity index (χ0v) is 9.29. The third kappa shape index (κ3) is 3.29. The number of nitrogens with zero attached hydrogens (tertiary/aromatic N) is 8. The molecule has 0 saturated heterocycles. The predicted octanol–water partition coefficient (Wildman–Crippen LogP) is -2.18. The fraction of sp³-hybridized carbons (Fsp3) is 0.333. The largest absolute Gasteiger partial charge is 0.475 e. The molecule has 0 saturated carbocycles. The van der Waals surface area contributed by atoms with E-state index in [0.29, 0.717) is 0 Å². The summed E-state index contributed by atoms with van der Waals surface area (Å²) in [4.78, 5) is 21.2. The van der Waals surface area contributed by atoms with Gasteiger partial charge in [-0.1, -0.05) is 0 Å². The highest BCUT2D eigenvalue weighted by Crippen LogP contribution is 1.85. The fourth-order valence-corrected chi connectivity index (χ4v) is 0.780. The average Bonchev–Trinajstić information content (AvgIpc) is 2.87. The molecule has 2 N–H and O–H groups in total. The van der Waals surface area contributed by atoms with Crippen molar-refractivity contribution in [1.82, 2.24) is 40.4 Å². The van der Waals surface area contributed by atoms with Gasteiger partial charge in [-0.25, -0.2) is 14.3 Å². The van der Waals surface area contributed by atoms with E-state index in [2.05, 4.69) is 30.9 Å². The number of hydrogen-bond donors (Lipinski definition) is 2. The maximum atomic E-state index is 10.1. The monoisotopic (exact) mass is 256 g/mol. The first kappa shape index (κ1) is 13.1. The molecule has 12 heteroatoms. The summed E-state index contributed by atoms with van der Waals surface area (Å²) in [6.45, 7) is 0. The number of hydrogen-bond acceptors (Lipinski definition) is 8. The zero-order chi connectivity index (χ0) is 13.7. The van der Waals surface area contributed by atoms with Gasteiger partial charge in [0.2, 0.25) is 0 Å². The molecule has 0 radical (unpaired) electrons. The molecule has 0 aliphatic carbocycles. The Morgan fingerprint density at radius 2 is 1.72 bits per heavy atom. The lowest BCUT2D eigenvalue weighted by atomic mass is 10.6. The number of carboxylic acid groups (broad SMARTS) is 2. The van der Waals surface area contributed by atoms with Crippen molar-refractivity contribution in [2.45, 2.75) is 0 Å². The molecule has 0 atom stereocenters. The molecule has 2 heterocycles. The first-order chi connectivity index (χ1) is 8.41. The minimum Gasteiger partial charge on any atom is -0.475 e. The van der Waals surface area contributed by atoms with Crippen molar-refractivity contribution in [3.05, 3.63) is 11.6 Å². The van der Waals surface area contributed by atoms with Crippen molar-refractivity contribution in [2.75, 3.05) is 0 Å². The quantitative estimate of drug-likeness (QED) is 0.603. The van der Waals surface area contributed by atoms with Crippen LogP contribution in [0.25, 0.3) is 0 Å². The van der Waals surface area contributed by atoms with E-state index in [1.165, 1.54) is 14.1 Å². The molecule has 2 aromatic heterocycles. The van der Waals surface area contributed by atoms with E-state index in [1.807, 2.05) is 0 Å². The second-order valence-electron chi connectivity index (χ2n) is 2.84. The molecule has 18 heavy (non-hydrogen) atoms. The van der Waals surface area contributed by atoms with E-state index < -0.39 is 11.9 Å². The van der Waals surface area contributed by atoms with E-state index in [4.69, 9.17) is 10.2 Å². The maximum Gasteiger partial charge on any atom is 0.377 e. The molecule has 0 aromatic carbocycles. The normalized spacial score (nSPS) is 9.44. The predicted molar refractivity (Wildman–Crippen MR) is 51.5 cm³/mol. The summed E-state index contributed by atoms with van der Waals surface area (Å²) in [5.74, 6) is -2.72. The summed E-state index contributed by atoms with van der Waals surface area (Å²) < 4.78 is 1.09. The Morgan fingerprint density at radius 1 is 1.06 bits per heavy atom. The number of tetrazole rings is 2. The second-order valence-corrected chi connectivity index (χ2v) is 2.84. The molecular weight excluding hydrogens is 248 g/mol. The lowest BCUT2D eigenvalue weighted by Crippen LogP contribution is -2.06. The third-order valence-corrected chi connectivity index (χ3v) is 1.51. The van der Waals surface area contributed by atoms with Gasteiger partial charge in [0, 0.05) is 7.05 Å². The van der Waals surface area contributed by atoms with Gasteiger partial charge in [0.15, 0.2) is 0 Å². The van der Waals surface area contributed by atoms with E-state index in [-0.39, 0.29) is 11.6 Å². The lowest BCUT2D eigenvalue weighted by molar-refractivity contribution is 0.0669. The zero-order valence-electron chi connectivity index (χ0n) is 9.29. The summed E-state index contributed by atoms with van der Waals surface area (Å²) in [5, 5.41) is 36.1. The first-order valence-corrected chi connectivity index (χ1v) is 4.34. The van der Waals surface area contributed by atoms with Crippen LogP contribution in [0.2, 0.25) is 0 Å². The molecule has 0 bridgehead atoms. The highest BCUT2D eigenvalue weighted by Gasteiger charge is 2.09. The van der Waals surface area contributed by atoms with Crippen LogP contribution in [0.15, 0.2) is 0 Å². The van der Waals surface area contributed by atoms with Crippen LogP contribution >= 0.6 is 0 Å². The number of rotatable bonds is 2. The smallest absolute Gasteiger partial charge is 0.377 e. The second kappa shape index (κ2) is 5.42. The van der Waals surface area contributed by atoms with Crippen LogP contribution in [0.1, 0.15) is 21.2 Å². The fourth-order valence-electron chi connectivity index (χ4n) is 0.780. The molecule has 2 rings (SSSR count). The Labute approximate surface area is 98.8 Å². The summed E-state index contributed by atoms with van der Waals surface area (Å²) in [5.41, 5.74) is 0. The van der Waals surface area contributed by atoms with Crippen LogP contribution in [0.4, 0.5) is 0 Å². The SMILES string of the molecule is Cn1nnc(C(=O)O)n1.Cn1nnnc1C(=O)O. The van der Waals surface area contributed by atoms with Crippen LogP contribution < -0.4 is 0 Å². The Kier molecular flexibility index (Phi) is 3.96. The third-order valence-electron chi connectivity index (χ3n) is 1.51. The average molecular weight is 256 g/mol. The van der Waals surface area contributed by atoms with Gasteiger partial charge in [-0.05, 0) is 15.6 Å². The van der Waals surface area contributed by atoms with Gasteiger partial charge in [0.1, 0.15) is 0 Å². The molecular formula is C6H8N8O4. The Morgan fingerprint density at radius 3 is 1.94 bits per heavy atom. The van der Waals surface area contributed by atoms with Gasteiger partial charge in [-0.2, -0.15) is 4.80 Å². The van der Waals surface area contributed by atoms with Crippen LogP contribution in [0.5, 0.6) is 0 Å². The van der Waals surface area contributed by atoms with Crippen molar-refractivity contribution in [2.24, 2.45) is 14.1 Å². The van der Waals surface area contributed by atoms with Crippen LogP contribution in [0.3, 0.4) is 0 Å². The number of carbonyl (C=O) groups is 2. The van der Waals surface area contributed by atoms with Gasteiger partial charge in [0.25, 0.3) is 11.6 Å². The van der Waals surface area contributed by atoms with Gasteiger partial charge in [0.05, 0.1) is 7.05 Å². The number of aryl methyl sites for hydroxylation is 2. The summed E-state index contributed by atoms with van der Waals surface area (Å²) in [7, 11) is 2.96. The minimum atomic E-state index is -1.16. The molecule has 0 fully saturated rings. The van der Waals surface area contributed by atoms with Gasteiger partial charge in [-0.15, -0.1) is 15.3 Å². The van der Waals surface area contributed by atoms with E-state index >= 15 is 0 Å². The Hall–Kier alpha value is -2.92. The van der Waals surface area contributed by atoms with E-state index in [9.17, 15) is 9.59 Å². The number of aromatic nitrogens is 8. The summed E-state index contributed by atoms with van der Waals surface area (Å²) in [6.07, 6.45) is 0. The molecule has 0 aliphatic rings. The van der Waals surface area contributed by atoms with Crippen molar-refractivity contribution < 1.29 is 19.8 Å². The number of aromatic carboxylic acids is 2. The van der Waals surface area contributed by atoms with E-state index in [0.717, 1.165) is 9.48 Å². The lowest BCUT2D eigenvalue weighted by Gasteiger charge is -1.86. The van der Waals surface area contributed by atoms with Gasteiger partial charge in [-0.3, -0.25) is 0 Å². The van der Waals surface area contributed by atoms with E-state index in [1.54, 1.807) is 0 Å². The Bertz CT molecular complexity index is 559. The molecule has 0 aliphatic heterocycles. The highest BCUT2D eigenvalue weighted by molar-refractivity contribution is 5.83. The first-order valence-electron chi connectivity index (χ1n) is 4.34. The molecule has 12 nitrogen and oxygen atoms in total. The molecule has 96 valence electrons. The summed E-state index contributed by atoms with van der Waals surface area (Å²) >= 11 is 0. The number of carboxylic acids is 2. The molecule has 0 spiro atoms. The summed E-state index contributed by atoms with van der Waals surface area (Å²) in [6, 6.07) is 0. The van der Waals surface area contributed by atoms with Crippen molar-refractivity contribution in [3.8, 4) is 0 Å². The van der Waals surface area contributed by atoms with Crippen molar-refractivity contribution in [3.63, 3.8) is 0 Å². The highest BCUT2D eigenvalue weighted by atomic mass is 16.4. The maximum absolute atomic E-state index is 10.1. The van der Waals surface area contributed by atoms with Gasteiger partial charge >= 0.3 is 11.9 Å². The van der Waals surface area contributed by atoms with Gasteiger partial charge < -0.3 is 10.2 Å². The minimum absolute atomic E-state index is 0.157. The van der Waals surface area contributed by atoms with Crippen molar-refractivity contribution in [1.29, 1.82) is 0 Å². The Balaban J connectivity index is 0.000000180.